The van der Waals surface area contributed by atoms with Gasteiger partial charge >= 0.3 is 12.1 Å². The molecule has 0 radical (unpaired) electrons. The Morgan fingerprint density at radius 3 is 2.38 bits per heavy atom. The molecule has 21 heavy (non-hydrogen) atoms. The Bertz CT molecular complexity index is 642. The SMILES string of the molecule is COc1ccc(S(=O)(=O)N(C)CC(F)(F)F)cc1C(=O)O. The van der Waals surface area contributed by atoms with E-state index in [4.69, 9.17) is 9.84 Å². The van der Waals surface area contributed by atoms with Crippen molar-refractivity contribution in [2.75, 3.05) is 20.7 Å². The molecule has 10 heteroatoms. The highest BCUT2D eigenvalue weighted by Gasteiger charge is 2.35. The Kier molecular flexibility index (Phi) is 4.84. The number of halogens is 3. The van der Waals surface area contributed by atoms with E-state index in [9.17, 15) is 26.4 Å². The highest BCUT2D eigenvalue weighted by Crippen LogP contribution is 2.26. The number of hydrogen-bond donors (Lipinski definition) is 1. The van der Waals surface area contributed by atoms with Gasteiger partial charge < -0.3 is 9.84 Å². The van der Waals surface area contributed by atoms with Crippen LogP contribution in [-0.4, -0.2) is 50.7 Å². The van der Waals surface area contributed by atoms with Gasteiger partial charge in [-0.2, -0.15) is 17.5 Å². The lowest BCUT2D eigenvalue weighted by Gasteiger charge is -2.19. The summed E-state index contributed by atoms with van der Waals surface area (Å²) in [5.41, 5.74) is -0.459. The lowest BCUT2D eigenvalue weighted by Crippen LogP contribution is -2.35. The molecule has 6 nitrogen and oxygen atoms in total. The summed E-state index contributed by atoms with van der Waals surface area (Å²) in [6.07, 6.45) is -4.70. The van der Waals surface area contributed by atoms with Crippen LogP contribution in [-0.2, 0) is 10.0 Å². The predicted octanol–water partition coefficient (Wildman–Crippen LogP) is 1.58. The molecule has 0 aliphatic carbocycles. The molecule has 1 aromatic carbocycles. The van der Waals surface area contributed by atoms with E-state index < -0.39 is 39.2 Å². The number of alkyl halides is 3. The monoisotopic (exact) mass is 327 g/mol. The van der Waals surface area contributed by atoms with Crippen molar-refractivity contribution in [1.29, 1.82) is 0 Å². The van der Waals surface area contributed by atoms with Gasteiger partial charge in [-0.05, 0) is 18.2 Å². The van der Waals surface area contributed by atoms with Gasteiger partial charge in [0.15, 0.2) is 0 Å². The van der Waals surface area contributed by atoms with Crippen LogP contribution in [0, 0.1) is 0 Å². The molecule has 0 unspecified atom stereocenters. The fourth-order valence-corrected chi connectivity index (χ4v) is 2.72. The average Bonchev–Trinajstić information content (AvgIpc) is 2.35. The van der Waals surface area contributed by atoms with E-state index in [1.807, 2.05) is 0 Å². The lowest BCUT2D eigenvalue weighted by atomic mass is 10.2. The molecule has 1 N–H and O–H groups in total. The number of carboxylic acid groups (broad SMARTS) is 1. The number of carboxylic acids is 1. The van der Waals surface area contributed by atoms with Crippen LogP contribution in [0.3, 0.4) is 0 Å². The molecule has 0 heterocycles. The van der Waals surface area contributed by atoms with Crippen LogP contribution in [0.25, 0.3) is 0 Å². The molecule has 0 saturated heterocycles. The summed E-state index contributed by atoms with van der Waals surface area (Å²) in [4.78, 5) is 10.4. The second-order valence-corrected chi connectivity index (χ2v) is 6.09. The van der Waals surface area contributed by atoms with Gasteiger partial charge in [-0.3, -0.25) is 0 Å². The second kappa shape index (κ2) is 5.90. The number of ether oxygens (including phenoxy) is 1. The van der Waals surface area contributed by atoms with Crippen molar-refractivity contribution < 1.29 is 36.2 Å². The number of methoxy groups -OCH3 is 1. The normalized spacial score (nSPS) is 12.5. The van der Waals surface area contributed by atoms with Crippen molar-refractivity contribution in [3.05, 3.63) is 23.8 Å². The van der Waals surface area contributed by atoms with E-state index in [1.165, 1.54) is 7.11 Å². The second-order valence-electron chi connectivity index (χ2n) is 4.04. The van der Waals surface area contributed by atoms with E-state index in [1.54, 1.807) is 0 Å². The van der Waals surface area contributed by atoms with Crippen LogP contribution in [0.2, 0.25) is 0 Å². The quantitative estimate of drug-likeness (QED) is 0.887. The molecule has 0 aliphatic heterocycles. The zero-order valence-electron chi connectivity index (χ0n) is 11.0. The van der Waals surface area contributed by atoms with Crippen LogP contribution >= 0.6 is 0 Å². The predicted molar refractivity (Wildman–Crippen MR) is 65.8 cm³/mol. The van der Waals surface area contributed by atoms with Crippen LogP contribution in [0.1, 0.15) is 10.4 Å². The van der Waals surface area contributed by atoms with Crippen molar-refractivity contribution in [2.24, 2.45) is 0 Å². The average molecular weight is 327 g/mol. The fraction of sp³-hybridized carbons (Fsp3) is 0.364. The first-order chi connectivity index (χ1) is 9.49. The van der Waals surface area contributed by atoms with Gasteiger partial charge in [-0.1, -0.05) is 0 Å². The summed E-state index contributed by atoms with van der Waals surface area (Å²) in [7, 11) is -2.52. The molecule has 0 amide bonds. The zero-order chi connectivity index (χ0) is 16.4. The summed E-state index contributed by atoms with van der Waals surface area (Å²) in [5, 5.41) is 8.94. The van der Waals surface area contributed by atoms with Gasteiger partial charge in [0.1, 0.15) is 17.9 Å². The minimum atomic E-state index is -4.70. The molecule has 0 aromatic heterocycles. The first-order valence-electron chi connectivity index (χ1n) is 5.43. The Labute approximate surface area is 118 Å². The molecule has 0 saturated carbocycles. The molecule has 0 fully saturated rings. The molecule has 118 valence electrons. The van der Waals surface area contributed by atoms with Crippen molar-refractivity contribution in [3.63, 3.8) is 0 Å². The molecule has 1 aromatic rings. The van der Waals surface area contributed by atoms with Gasteiger partial charge in [0.05, 0.1) is 12.0 Å². The summed E-state index contributed by atoms with van der Waals surface area (Å²) in [6, 6.07) is 2.80. The van der Waals surface area contributed by atoms with Crippen LogP contribution < -0.4 is 4.74 Å². The third-order valence-corrected chi connectivity index (χ3v) is 4.31. The fourth-order valence-electron chi connectivity index (χ4n) is 1.53. The number of benzene rings is 1. The Morgan fingerprint density at radius 1 is 1.38 bits per heavy atom. The molecular formula is C11H12F3NO5S. The third-order valence-electron chi connectivity index (χ3n) is 2.51. The molecule has 1 rings (SSSR count). The number of aromatic carboxylic acids is 1. The summed E-state index contributed by atoms with van der Waals surface area (Å²) in [5.74, 6) is -1.55. The third kappa shape index (κ3) is 4.08. The minimum Gasteiger partial charge on any atom is -0.496 e. The number of hydrogen-bond acceptors (Lipinski definition) is 4. The molecule has 0 atom stereocenters. The number of carbonyl (C=O) groups is 1. The first kappa shape index (κ1) is 17.2. The molecular weight excluding hydrogens is 315 g/mol. The zero-order valence-corrected chi connectivity index (χ0v) is 11.8. The van der Waals surface area contributed by atoms with Gasteiger partial charge in [0.25, 0.3) is 0 Å². The Balaban J connectivity index is 3.26. The topological polar surface area (TPSA) is 83.9 Å². The van der Waals surface area contributed by atoms with Gasteiger partial charge in [0, 0.05) is 7.05 Å². The summed E-state index contributed by atoms with van der Waals surface area (Å²) in [6.45, 7) is -1.68. The van der Waals surface area contributed by atoms with Crippen molar-refractivity contribution >= 4 is 16.0 Å². The van der Waals surface area contributed by atoms with Gasteiger partial charge in [0.2, 0.25) is 10.0 Å². The molecule has 0 bridgehead atoms. The van der Waals surface area contributed by atoms with Gasteiger partial charge in [-0.15, -0.1) is 0 Å². The number of sulfonamides is 1. The number of rotatable bonds is 5. The largest absolute Gasteiger partial charge is 0.496 e. The van der Waals surface area contributed by atoms with E-state index in [2.05, 4.69) is 0 Å². The number of nitrogens with zero attached hydrogens (tertiary/aromatic N) is 1. The van der Waals surface area contributed by atoms with E-state index in [-0.39, 0.29) is 10.1 Å². The summed E-state index contributed by atoms with van der Waals surface area (Å²) < 4.78 is 65.6. The Hall–Kier alpha value is -1.81. The minimum absolute atomic E-state index is 0.0973. The standard InChI is InChI=1S/C11H12F3NO5S/c1-15(6-11(12,13)14)21(18,19)7-3-4-9(20-2)8(5-7)10(16)17/h3-5H,6H2,1-2H3,(H,16,17). The maximum Gasteiger partial charge on any atom is 0.402 e. The van der Waals surface area contributed by atoms with Crippen molar-refractivity contribution in [2.45, 2.75) is 11.1 Å². The van der Waals surface area contributed by atoms with E-state index in [0.29, 0.717) is 0 Å². The first-order valence-corrected chi connectivity index (χ1v) is 6.87. The van der Waals surface area contributed by atoms with Crippen molar-refractivity contribution in [3.8, 4) is 5.75 Å². The Morgan fingerprint density at radius 2 is 1.95 bits per heavy atom. The maximum atomic E-state index is 12.3. The lowest BCUT2D eigenvalue weighted by molar-refractivity contribution is -0.134. The van der Waals surface area contributed by atoms with Gasteiger partial charge in [-0.25, -0.2) is 13.2 Å². The van der Waals surface area contributed by atoms with Crippen LogP contribution in [0.4, 0.5) is 13.2 Å². The highest BCUT2D eigenvalue weighted by atomic mass is 32.2. The van der Waals surface area contributed by atoms with E-state index in [0.717, 1.165) is 25.2 Å². The smallest absolute Gasteiger partial charge is 0.402 e. The van der Waals surface area contributed by atoms with Crippen LogP contribution in [0.5, 0.6) is 5.75 Å². The maximum absolute atomic E-state index is 12.3. The summed E-state index contributed by atoms with van der Waals surface area (Å²) >= 11 is 0. The van der Waals surface area contributed by atoms with Crippen molar-refractivity contribution in [1.82, 2.24) is 4.31 Å². The highest BCUT2D eigenvalue weighted by molar-refractivity contribution is 7.89. The van der Waals surface area contributed by atoms with E-state index >= 15 is 0 Å². The van der Waals surface area contributed by atoms with Crippen LogP contribution in [0.15, 0.2) is 23.1 Å². The molecule has 0 spiro atoms. The molecule has 0 aliphatic rings.